The van der Waals surface area contributed by atoms with E-state index < -0.39 is 11.6 Å². The molecule has 0 bridgehead atoms. The molecule has 0 saturated heterocycles. The average Bonchev–Trinajstić information content (AvgIpc) is 2.38. The fraction of sp³-hybridized carbons (Fsp3) is 0.250. The number of halogens is 3. The van der Waals surface area contributed by atoms with Gasteiger partial charge in [-0.15, -0.1) is 0 Å². The van der Waals surface area contributed by atoms with Gasteiger partial charge in [-0.3, -0.25) is 0 Å². The van der Waals surface area contributed by atoms with E-state index in [1.165, 1.54) is 6.07 Å². The lowest BCUT2D eigenvalue weighted by molar-refractivity contribution is 0.362. The summed E-state index contributed by atoms with van der Waals surface area (Å²) in [6, 6.07) is 10.1. The van der Waals surface area contributed by atoms with Crippen LogP contribution in [0, 0.1) is 17.5 Å². The van der Waals surface area contributed by atoms with Gasteiger partial charge < -0.3 is 5.32 Å². The van der Waals surface area contributed by atoms with Crippen molar-refractivity contribution in [2.24, 2.45) is 0 Å². The first-order valence-corrected chi connectivity index (χ1v) is 6.59. The molecule has 2 aromatic carbocycles. The molecule has 3 rings (SSSR count). The Morgan fingerprint density at radius 2 is 1.65 bits per heavy atom. The van der Waals surface area contributed by atoms with Crippen LogP contribution in [0.25, 0.3) is 0 Å². The predicted molar refractivity (Wildman–Crippen MR) is 72.1 cm³/mol. The Hall–Kier alpha value is -1.97. The molecule has 0 aliphatic heterocycles. The maximum Gasteiger partial charge on any atom is 0.146 e. The van der Waals surface area contributed by atoms with Crippen molar-refractivity contribution >= 4 is 5.69 Å². The largest absolute Gasteiger partial charge is 0.380 e. The molecule has 1 N–H and O–H groups in total. The molecule has 0 heterocycles. The van der Waals surface area contributed by atoms with Crippen LogP contribution >= 0.6 is 0 Å². The molecule has 1 saturated carbocycles. The van der Waals surface area contributed by atoms with E-state index in [1.807, 2.05) is 6.07 Å². The van der Waals surface area contributed by atoms with Crippen LogP contribution in [0.1, 0.15) is 24.3 Å². The molecule has 0 unspecified atom stereocenters. The van der Waals surface area contributed by atoms with Crippen molar-refractivity contribution in [2.45, 2.75) is 24.8 Å². The van der Waals surface area contributed by atoms with E-state index in [4.69, 9.17) is 0 Å². The monoisotopic (exact) mass is 277 g/mol. The molecule has 20 heavy (non-hydrogen) atoms. The third-order valence-electron chi connectivity index (χ3n) is 3.77. The summed E-state index contributed by atoms with van der Waals surface area (Å²) < 4.78 is 40.1. The van der Waals surface area contributed by atoms with E-state index >= 15 is 0 Å². The summed E-state index contributed by atoms with van der Waals surface area (Å²) >= 11 is 0. The summed E-state index contributed by atoms with van der Waals surface area (Å²) in [5.41, 5.74) is 0.868. The molecular weight excluding hydrogens is 263 g/mol. The number of benzene rings is 2. The molecule has 0 spiro atoms. The number of hydrogen-bond donors (Lipinski definition) is 1. The van der Waals surface area contributed by atoms with Gasteiger partial charge in [-0.05, 0) is 48.6 Å². The highest BCUT2D eigenvalue weighted by molar-refractivity contribution is 5.46. The van der Waals surface area contributed by atoms with Gasteiger partial charge in [0.15, 0.2) is 0 Å². The molecular formula is C16H14F3N. The molecule has 4 heteroatoms. The van der Waals surface area contributed by atoms with Crippen molar-refractivity contribution in [3.8, 4) is 0 Å². The van der Waals surface area contributed by atoms with Crippen molar-refractivity contribution in [3.63, 3.8) is 0 Å². The normalized spacial score (nSPS) is 21.4. The summed E-state index contributed by atoms with van der Waals surface area (Å²) in [6.45, 7) is 0. The van der Waals surface area contributed by atoms with Gasteiger partial charge in [-0.2, -0.15) is 0 Å². The van der Waals surface area contributed by atoms with E-state index in [9.17, 15) is 13.2 Å². The van der Waals surface area contributed by atoms with Crippen molar-refractivity contribution in [1.82, 2.24) is 0 Å². The first kappa shape index (κ1) is 13.0. The Balaban J connectivity index is 1.64. The van der Waals surface area contributed by atoms with Crippen molar-refractivity contribution in [1.29, 1.82) is 0 Å². The Morgan fingerprint density at radius 3 is 2.40 bits per heavy atom. The molecule has 1 aliphatic carbocycles. The van der Waals surface area contributed by atoms with E-state index in [0.717, 1.165) is 31.0 Å². The third-order valence-corrected chi connectivity index (χ3v) is 3.77. The Kier molecular flexibility index (Phi) is 3.38. The van der Waals surface area contributed by atoms with Gasteiger partial charge in [0.25, 0.3) is 0 Å². The average molecular weight is 277 g/mol. The number of anilines is 1. The summed E-state index contributed by atoms with van der Waals surface area (Å²) in [5.74, 6) is -1.00. The standard InChI is InChI=1S/C16H14F3N/c17-11-5-6-15(19)16(9-11)20-12-7-10(8-12)13-3-1-2-4-14(13)18/h1-6,9-10,12,20H,7-8H2. The Bertz CT molecular complexity index is 621. The first-order chi connectivity index (χ1) is 9.63. The molecule has 0 amide bonds. The topological polar surface area (TPSA) is 12.0 Å². The zero-order chi connectivity index (χ0) is 14.1. The van der Waals surface area contributed by atoms with Gasteiger partial charge in [0.2, 0.25) is 0 Å². The lowest BCUT2D eigenvalue weighted by atomic mass is 9.75. The highest BCUT2D eigenvalue weighted by Crippen LogP contribution is 2.39. The predicted octanol–water partition coefficient (Wildman–Crippen LogP) is 4.46. The van der Waals surface area contributed by atoms with Gasteiger partial charge in [0, 0.05) is 6.04 Å². The van der Waals surface area contributed by atoms with Crippen LogP contribution in [0.2, 0.25) is 0 Å². The van der Waals surface area contributed by atoms with Crippen molar-refractivity contribution < 1.29 is 13.2 Å². The smallest absolute Gasteiger partial charge is 0.146 e. The highest BCUT2D eigenvalue weighted by atomic mass is 19.1. The summed E-state index contributed by atoms with van der Waals surface area (Å²) in [7, 11) is 0. The summed E-state index contributed by atoms with van der Waals surface area (Å²) in [4.78, 5) is 0. The second kappa shape index (κ2) is 5.19. The van der Waals surface area contributed by atoms with Gasteiger partial charge in [-0.25, -0.2) is 13.2 Å². The van der Waals surface area contributed by atoms with E-state index in [2.05, 4.69) is 5.32 Å². The quantitative estimate of drug-likeness (QED) is 0.873. The molecule has 0 radical (unpaired) electrons. The molecule has 104 valence electrons. The van der Waals surface area contributed by atoms with Gasteiger partial charge in [0.1, 0.15) is 17.5 Å². The van der Waals surface area contributed by atoms with Crippen LogP contribution in [0.5, 0.6) is 0 Å². The van der Waals surface area contributed by atoms with Crippen LogP contribution in [0.15, 0.2) is 42.5 Å². The summed E-state index contributed by atoms with van der Waals surface area (Å²) in [5, 5.41) is 2.97. The van der Waals surface area contributed by atoms with Gasteiger partial charge in [0.05, 0.1) is 5.69 Å². The van der Waals surface area contributed by atoms with Crippen molar-refractivity contribution in [2.75, 3.05) is 5.32 Å². The van der Waals surface area contributed by atoms with E-state index in [-0.39, 0.29) is 23.5 Å². The lowest BCUT2D eigenvalue weighted by Crippen LogP contribution is -2.34. The van der Waals surface area contributed by atoms with Crippen LogP contribution < -0.4 is 5.32 Å². The maximum absolute atomic E-state index is 13.6. The fourth-order valence-corrected chi connectivity index (χ4v) is 2.62. The number of rotatable bonds is 3. The molecule has 1 nitrogen and oxygen atoms in total. The van der Waals surface area contributed by atoms with Crippen LogP contribution in [0.3, 0.4) is 0 Å². The SMILES string of the molecule is Fc1ccc(F)c(NC2CC(c3ccccc3F)C2)c1. The zero-order valence-electron chi connectivity index (χ0n) is 10.7. The van der Waals surface area contributed by atoms with Crippen LogP contribution in [-0.4, -0.2) is 6.04 Å². The van der Waals surface area contributed by atoms with Crippen molar-refractivity contribution in [3.05, 3.63) is 65.5 Å². The second-order valence-electron chi connectivity index (χ2n) is 5.16. The maximum atomic E-state index is 13.6. The Labute approximate surface area is 115 Å². The minimum atomic E-state index is -0.473. The zero-order valence-corrected chi connectivity index (χ0v) is 10.7. The molecule has 0 atom stereocenters. The second-order valence-corrected chi connectivity index (χ2v) is 5.16. The molecule has 1 fully saturated rings. The fourth-order valence-electron chi connectivity index (χ4n) is 2.62. The Morgan fingerprint density at radius 1 is 0.900 bits per heavy atom. The minimum absolute atomic E-state index is 0.0518. The lowest BCUT2D eigenvalue weighted by Gasteiger charge is -2.37. The number of nitrogens with one attached hydrogen (secondary N) is 1. The summed E-state index contributed by atoms with van der Waals surface area (Å²) in [6.07, 6.45) is 1.44. The van der Waals surface area contributed by atoms with Gasteiger partial charge in [-0.1, -0.05) is 18.2 Å². The van der Waals surface area contributed by atoms with Crippen LogP contribution in [-0.2, 0) is 0 Å². The van der Waals surface area contributed by atoms with Gasteiger partial charge >= 0.3 is 0 Å². The minimum Gasteiger partial charge on any atom is -0.380 e. The molecule has 0 aromatic heterocycles. The molecule has 1 aliphatic rings. The van der Waals surface area contributed by atoms with E-state index in [0.29, 0.717) is 5.56 Å². The third kappa shape index (κ3) is 2.50. The van der Waals surface area contributed by atoms with E-state index in [1.54, 1.807) is 12.1 Å². The highest BCUT2D eigenvalue weighted by Gasteiger charge is 2.32. The number of hydrogen-bond acceptors (Lipinski definition) is 1. The molecule has 2 aromatic rings. The first-order valence-electron chi connectivity index (χ1n) is 6.59. The van der Waals surface area contributed by atoms with Crippen LogP contribution in [0.4, 0.5) is 18.9 Å².